The van der Waals surface area contributed by atoms with Gasteiger partial charge in [0.1, 0.15) is 0 Å². The molecule has 0 atom stereocenters. The Morgan fingerprint density at radius 3 is 2.25 bits per heavy atom. The molecular weight excluding hydrogens is 196 g/mol. The quantitative estimate of drug-likeness (QED) is 0.793. The van der Waals surface area contributed by atoms with E-state index in [9.17, 15) is 0 Å². The van der Waals surface area contributed by atoms with Crippen molar-refractivity contribution in [3.05, 3.63) is 0 Å². The molecule has 94 valence electrons. The molecule has 2 nitrogen and oxygen atoms in total. The summed E-state index contributed by atoms with van der Waals surface area (Å²) in [5, 5.41) is 3.50. The Kier molecular flexibility index (Phi) is 4.26. The van der Waals surface area contributed by atoms with Crippen LogP contribution in [0.25, 0.3) is 0 Å². The zero-order valence-electron chi connectivity index (χ0n) is 11.1. The van der Waals surface area contributed by atoms with Crippen LogP contribution < -0.4 is 5.32 Å². The minimum absolute atomic E-state index is 0.507. The van der Waals surface area contributed by atoms with Gasteiger partial charge in [-0.15, -0.1) is 0 Å². The Hall–Kier alpha value is -0.0800. The van der Waals surface area contributed by atoms with Gasteiger partial charge in [0.15, 0.2) is 0 Å². The summed E-state index contributed by atoms with van der Waals surface area (Å²) in [5.41, 5.74) is 0.507. The predicted molar refractivity (Wildman–Crippen MR) is 69.7 cm³/mol. The highest BCUT2D eigenvalue weighted by molar-refractivity contribution is 4.94. The molecule has 1 N–H and O–H groups in total. The Balaban J connectivity index is 1.95. The Morgan fingerprint density at radius 1 is 1.06 bits per heavy atom. The number of nitrogens with one attached hydrogen (secondary N) is 1. The van der Waals surface area contributed by atoms with Gasteiger partial charge in [-0.25, -0.2) is 0 Å². The Labute approximate surface area is 101 Å². The standard InChI is InChI=1S/C14H28N2/c1-16(2)14(8-10-15-11-9-14)12-13-6-4-3-5-7-13/h13,15H,3-12H2,1-2H3. The van der Waals surface area contributed by atoms with Gasteiger partial charge < -0.3 is 10.2 Å². The lowest BCUT2D eigenvalue weighted by molar-refractivity contribution is 0.0704. The largest absolute Gasteiger partial charge is 0.317 e. The normalized spacial score (nSPS) is 27.2. The average molecular weight is 224 g/mol. The molecule has 0 bridgehead atoms. The first-order valence-corrected chi connectivity index (χ1v) is 7.11. The lowest BCUT2D eigenvalue weighted by Crippen LogP contribution is -2.52. The lowest BCUT2D eigenvalue weighted by Gasteiger charge is -2.46. The minimum atomic E-state index is 0.507. The minimum Gasteiger partial charge on any atom is -0.317 e. The maximum absolute atomic E-state index is 3.50. The third kappa shape index (κ3) is 2.78. The SMILES string of the molecule is CN(C)C1(CC2CCCCC2)CCNCC1. The van der Waals surface area contributed by atoms with Crippen molar-refractivity contribution < 1.29 is 0 Å². The van der Waals surface area contributed by atoms with Crippen LogP contribution in [0.1, 0.15) is 51.4 Å². The molecule has 2 heteroatoms. The number of rotatable bonds is 3. The average Bonchev–Trinajstić information content (AvgIpc) is 2.31. The van der Waals surface area contributed by atoms with E-state index in [1.54, 1.807) is 0 Å². The highest BCUT2D eigenvalue weighted by Crippen LogP contribution is 2.37. The maximum atomic E-state index is 3.50. The first kappa shape index (κ1) is 12.4. The summed E-state index contributed by atoms with van der Waals surface area (Å²) in [6.45, 7) is 2.43. The smallest absolute Gasteiger partial charge is 0.0230 e. The molecule has 0 radical (unpaired) electrons. The summed E-state index contributed by atoms with van der Waals surface area (Å²) < 4.78 is 0. The molecule has 1 saturated heterocycles. The molecule has 0 amide bonds. The summed E-state index contributed by atoms with van der Waals surface area (Å²) in [4.78, 5) is 2.52. The molecule has 1 heterocycles. The van der Waals surface area contributed by atoms with Gasteiger partial charge in [-0.2, -0.15) is 0 Å². The second-order valence-electron chi connectivity index (χ2n) is 6.08. The second kappa shape index (κ2) is 5.50. The summed E-state index contributed by atoms with van der Waals surface area (Å²) in [5.74, 6) is 1.01. The van der Waals surface area contributed by atoms with Gasteiger partial charge in [0.2, 0.25) is 0 Å². The van der Waals surface area contributed by atoms with Crippen LogP contribution in [0.4, 0.5) is 0 Å². The molecule has 1 aliphatic heterocycles. The maximum Gasteiger partial charge on any atom is 0.0230 e. The molecule has 0 aromatic heterocycles. The van der Waals surface area contributed by atoms with Crippen molar-refractivity contribution in [2.75, 3.05) is 27.2 Å². The summed E-state index contributed by atoms with van der Waals surface area (Å²) in [6, 6.07) is 0. The molecule has 0 spiro atoms. The van der Waals surface area contributed by atoms with Crippen molar-refractivity contribution in [2.24, 2.45) is 5.92 Å². The zero-order chi connectivity index (χ0) is 11.4. The zero-order valence-corrected chi connectivity index (χ0v) is 11.1. The van der Waals surface area contributed by atoms with Crippen molar-refractivity contribution in [2.45, 2.75) is 56.9 Å². The Bertz CT molecular complexity index is 201. The van der Waals surface area contributed by atoms with E-state index in [0.29, 0.717) is 5.54 Å². The molecule has 0 aromatic rings. The van der Waals surface area contributed by atoms with E-state index in [1.165, 1.54) is 64.5 Å². The summed E-state index contributed by atoms with van der Waals surface area (Å²) in [6.07, 6.45) is 11.5. The van der Waals surface area contributed by atoms with E-state index in [2.05, 4.69) is 24.3 Å². The molecule has 1 saturated carbocycles. The highest BCUT2D eigenvalue weighted by Gasteiger charge is 2.36. The van der Waals surface area contributed by atoms with Crippen LogP contribution in [-0.4, -0.2) is 37.6 Å². The lowest BCUT2D eigenvalue weighted by atomic mass is 9.74. The third-order valence-corrected chi connectivity index (χ3v) is 4.88. The second-order valence-corrected chi connectivity index (χ2v) is 6.08. The molecular formula is C14H28N2. The summed E-state index contributed by atoms with van der Waals surface area (Å²) in [7, 11) is 4.57. The number of hydrogen-bond acceptors (Lipinski definition) is 2. The van der Waals surface area contributed by atoms with E-state index in [4.69, 9.17) is 0 Å². The van der Waals surface area contributed by atoms with Crippen LogP contribution >= 0.6 is 0 Å². The van der Waals surface area contributed by atoms with Crippen LogP contribution in [0.15, 0.2) is 0 Å². The predicted octanol–water partition coefficient (Wildman–Crippen LogP) is 2.64. The van der Waals surface area contributed by atoms with Gasteiger partial charge in [-0.1, -0.05) is 32.1 Å². The van der Waals surface area contributed by atoms with Gasteiger partial charge in [0, 0.05) is 5.54 Å². The van der Waals surface area contributed by atoms with Gasteiger partial charge in [-0.3, -0.25) is 0 Å². The van der Waals surface area contributed by atoms with Crippen LogP contribution in [0.5, 0.6) is 0 Å². The highest BCUT2D eigenvalue weighted by atomic mass is 15.2. The van der Waals surface area contributed by atoms with E-state index >= 15 is 0 Å². The molecule has 1 aliphatic carbocycles. The molecule has 2 aliphatic rings. The fraction of sp³-hybridized carbons (Fsp3) is 1.00. The van der Waals surface area contributed by atoms with Crippen LogP contribution in [0, 0.1) is 5.92 Å². The Morgan fingerprint density at radius 2 is 1.69 bits per heavy atom. The molecule has 2 rings (SSSR count). The van der Waals surface area contributed by atoms with Crippen molar-refractivity contribution in [1.82, 2.24) is 10.2 Å². The molecule has 16 heavy (non-hydrogen) atoms. The number of nitrogens with zero attached hydrogens (tertiary/aromatic N) is 1. The summed E-state index contributed by atoms with van der Waals surface area (Å²) >= 11 is 0. The van der Waals surface area contributed by atoms with Crippen molar-refractivity contribution in [1.29, 1.82) is 0 Å². The molecule has 0 unspecified atom stereocenters. The fourth-order valence-electron chi connectivity index (χ4n) is 3.65. The van der Waals surface area contributed by atoms with Gasteiger partial charge in [0.05, 0.1) is 0 Å². The van der Waals surface area contributed by atoms with E-state index in [-0.39, 0.29) is 0 Å². The molecule has 0 aromatic carbocycles. The number of piperidine rings is 1. The number of hydrogen-bond donors (Lipinski definition) is 1. The van der Waals surface area contributed by atoms with Gasteiger partial charge in [0.25, 0.3) is 0 Å². The first-order valence-electron chi connectivity index (χ1n) is 7.11. The van der Waals surface area contributed by atoms with E-state index < -0.39 is 0 Å². The van der Waals surface area contributed by atoms with E-state index in [0.717, 1.165) is 5.92 Å². The fourth-order valence-corrected chi connectivity index (χ4v) is 3.65. The first-order chi connectivity index (χ1) is 7.73. The van der Waals surface area contributed by atoms with Gasteiger partial charge in [-0.05, 0) is 52.4 Å². The molecule has 2 fully saturated rings. The van der Waals surface area contributed by atoms with Crippen LogP contribution in [0.3, 0.4) is 0 Å². The third-order valence-electron chi connectivity index (χ3n) is 4.88. The monoisotopic (exact) mass is 224 g/mol. The van der Waals surface area contributed by atoms with Crippen molar-refractivity contribution in [3.63, 3.8) is 0 Å². The van der Waals surface area contributed by atoms with Crippen molar-refractivity contribution in [3.8, 4) is 0 Å². The van der Waals surface area contributed by atoms with Gasteiger partial charge >= 0.3 is 0 Å². The van der Waals surface area contributed by atoms with Crippen molar-refractivity contribution >= 4 is 0 Å². The van der Waals surface area contributed by atoms with Crippen LogP contribution in [-0.2, 0) is 0 Å². The van der Waals surface area contributed by atoms with E-state index in [1.807, 2.05) is 0 Å². The van der Waals surface area contributed by atoms with Crippen LogP contribution in [0.2, 0.25) is 0 Å². The topological polar surface area (TPSA) is 15.3 Å².